The Bertz CT molecular complexity index is 3170. The van der Waals surface area contributed by atoms with Gasteiger partial charge in [0.1, 0.15) is 23.2 Å². The van der Waals surface area contributed by atoms with Crippen LogP contribution >= 0.6 is 0 Å². The molecular weight excluding hydrogens is 685 g/mol. The van der Waals surface area contributed by atoms with E-state index in [-0.39, 0.29) is 6.17 Å². The van der Waals surface area contributed by atoms with Crippen LogP contribution < -0.4 is 5.32 Å². The highest BCUT2D eigenvalue weighted by molar-refractivity contribution is 6.16. The van der Waals surface area contributed by atoms with Gasteiger partial charge < -0.3 is 14.3 Å². The van der Waals surface area contributed by atoms with Gasteiger partial charge in [-0.2, -0.15) is 0 Å². The average molecular weight is 719 g/mol. The number of para-hydroxylation sites is 3. The molecule has 5 nitrogen and oxygen atoms in total. The molecule has 1 unspecified atom stereocenters. The van der Waals surface area contributed by atoms with Gasteiger partial charge in [-0.25, -0.2) is 9.98 Å². The third-order valence-electron chi connectivity index (χ3n) is 10.9. The van der Waals surface area contributed by atoms with Gasteiger partial charge in [-0.1, -0.05) is 146 Å². The first-order valence-corrected chi connectivity index (χ1v) is 18.9. The molecule has 1 atom stereocenters. The lowest BCUT2D eigenvalue weighted by Gasteiger charge is -2.25. The number of hydrogen-bond donors (Lipinski definition) is 1. The van der Waals surface area contributed by atoms with Crippen LogP contribution in [0, 0.1) is 0 Å². The lowest BCUT2D eigenvalue weighted by Crippen LogP contribution is -2.33. The fourth-order valence-electron chi connectivity index (χ4n) is 8.17. The van der Waals surface area contributed by atoms with Crippen molar-refractivity contribution in [1.82, 2.24) is 9.88 Å². The van der Waals surface area contributed by atoms with Crippen LogP contribution in [0.4, 0.5) is 0 Å². The van der Waals surface area contributed by atoms with E-state index >= 15 is 0 Å². The van der Waals surface area contributed by atoms with Crippen LogP contribution in [0.3, 0.4) is 0 Å². The highest BCUT2D eigenvalue weighted by Gasteiger charge is 2.24. The van der Waals surface area contributed by atoms with Crippen molar-refractivity contribution < 1.29 is 4.42 Å². The third-order valence-corrected chi connectivity index (χ3v) is 10.9. The quantitative estimate of drug-likeness (QED) is 0.186. The number of nitrogens with one attached hydrogen (secondary N) is 1. The minimum absolute atomic E-state index is 0.328. The van der Waals surface area contributed by atoms with Crippen LogP contribution in [-0.2, 0) is 0 Å². The zero-order valence-electron chi connectivity index (χ0n) is 30.3. The van der Waals surface area contributed by atoms with E-state index in [0.717, 1.165) is 83.4 Å². The number of furan rings is 1. The Kier molecular flexibility index (Phi) is 7.49. The van der Waals surface area contributed by atoms with E-state index in [1.54, 1.807) is 0 Å². The maximum absolute atomic E-state index is 6.17. The average Bonchev–Trinajstić information content (AvgIpc) is 3.82. The van der Waals surface area contributed by atoms with E-state index < -0.39 is 0 Å². The van der Waals surface area contributed by atoms with E-state index in [1.807, 2.05) is 24.3 Å². The Hall–Kier alpha value is -7.50. The molecule has 264 valence electrons. The summed E-state index contributed by atoms with van der Waals surface area (Å²) in [4.78, 5) is 10.6. The zero-order valence-corrected chi connectivity index (χ0v) is 30.3. The fourth-order valence-corrected chi connectivity index (χ4v) is 8.17. The van der Waals surface area contributed by atoms with E-state index in [2.05, 4.69) is 180 Å². The standard InChI is InChI=1S/C51H34N4O/c1-3-14-33(15-4-1)35-18-13-19-38(30-35)50-52-49(34-16-5-2-6-17-34)53-51(54-50)42-22-8-11-24-45(42)55-44-23-10-7-20-39(44)40-28-26-37(32-46(40)55)36-27-29-48-43(31-36)41-21-9-12-25-47(41)56-48/h1-32,49H,(H,52,53,54). The molecule has 0 fully saturated rings. The van der Waals surface area contributed by atoms with Crippen LogP contribution in [-0.4, -0.2) is 16.2 Å². The molecule has 0 radical (unpaired) electrons. The molecule has 5 heteroatoms. The molecule has 10 aromatic rings. The monoisotopic (exact) mass is 718 g/mol. The van der Waals surface area contributed by atoms with Crippen LogP contribution in [0.2, 0.25) is 0 Å². The van der Waals surface area contributed by atoms with Crippen LogP contribution in [0.1, 0.15) is 22.9 Å². The predicted octanol–water partition coefficient (Wildman–Crippen LogP) is 12.5. The molecule has 0 spiro atoms. The van der Waals surface area contributed by atoms with Gasteiger partial charge in [-0.3, -0.25) is 0 Å². The molecule has 0 aliphatic carbocycles. The van der Waals surface area contributed by atoms with Gasteiger partial charge in [-0.15, -0.1) is 0 Å². The summed E-state index contributed by atoms with van der Waals surface area (Å²) in [5, 5.41) is 8.29. The molecule has 2 aromatic heterocycles. The molecule has 56 heavy (non-hydrogen) atoms. The molecule has 0 saturated carbocycles. The minimum Gasteiger partial charge on any atom is -0.456 e. The number of rotatable bonds is 6. The molecule has 1 aliphatic heterocycles. The Morgan fingerprint density at radius 3 is 1.98 bits per heavy atom. The fraction of sp³-hybridized carbons (Fsp3) is 0.0196. The van der Waals surface area contributed by atoms with Crippen LogP contribution in [0.5, 0.6) is 0 Å². The topological polar surface area (TPSA) is 54.8 Å². The first-order valence-electron chi connectivity index (χ1n) is 18.9. The molecule has 0 bridgehead atoms. The Morgan fingerprint density at radius 2 is 1.09 bits per heavy atom. The first kappa shape index (κ1) is 32.0. The number of fused-ring (bicyclic) bond motifs is 6. The highest BCUT2D eigenvalue weighted by atomic mass is 16.3. The highest BCUT2D eigenvalue weighted by Crippen LogP contribution is 2.38. The molecule has 11 rings (SSSR count). The van der Waals surface area contributed by atoms with Gasteiger partial charge in [0.15, 0.2) is 5.84 Å². The summed E-state index contributed by atoms with van der Waals surface area (Å²) >= 11 is 0. The van der Waals surface area contributed by atoms with Gasteiger partial charge >= 0.3 is 0 Å². The van der Waals surface area contributed by atoms with Crippen molar-refractivity contribution >= 4 is 55.4 Å². The molecule has 3 heterocycles. The number of benzene rings is 8. The molecule has 0 amide bonds. The lowest BCUT2D eigenvalue weighted by molar-refractivity contribution is 0.669. The number of aromatic nitrogens is 1. The summed E-state index contributed by atoms with van der Waals surface area (Å²) < 4.78 is 8.55. The first-order chi connectivity index (χ1) is 27.7. The largest absolute Gasteiger partial charge is 0.456 e. The molecule has 0 saturated heterocycles. The summed E-state index contributed by atoms with van der Waals surface area (Å²) in [6.07, 6.45) is -0.328. The summed E-state index contributed by atoms with van der Waals surface area (Å²) in [6.45, 7) is 0. The normalized spacial score (nSPS) is 14.2. The van der Waals surface area contributed by atoms with E-state index in [4.69, 9.17) is 14.4 Å². The predicted molar refractivity (Wildman–Crippen MR) is 231 cm³/mol. The second kappa shape index (κ2) is 13.1. The number of amidine groups is 2. The minimum atomic E-state index is -0.328. The van der Waals surface area contributed by atoms with Crippen molar-refractivity contribution in [3.8, 4) is 27.9 Å². The van der Waals surface area contributed by atoms with Gasteiger partial charge in [0, 0.05) is 32.7 Å². The molecule has 1 aliphatic rings. The van der Waals surface area contributed by atoms with E-state index in [9.17, 15) is 0 Å². The van der Waals surface area contributed by atoms with Crippen molar-refractivity contribution in [2.45, 2.75) is 6.17 Å². The van der Waals surface area contributed by atoms with E-state index in [1.165, 1.54) is 10.8 Å². The Balaban J connectivity index is 1.09. The summed E-state index contributed by atoms with van der Waals surface area (Å²) in [6, 6.07) is 68.1. The summed E-state index contributed by atoms with van der Waals surface area (Å²) in [5.41, 5.74) is 12.6. The Labute approximate surface area is 323 Å². The summed E-state index contributed by atoms with van der Waals surface area (Å²) in [5.74, 6) is 1.45. The lowest BCUT2D eigenvalue weighted by atomic mass is 10.0. The van der Waals surface area contributed by atoms with Crippen molar-refractivity contribution in [2.75, 3.05) is 0 Å². The number of hydrogen-bond acceptors (Lipinski definition) is 4. The summed E-state index contributed by atoms with van der Waals surface area (Å²) in [7, 11) is 0. The van der Waals surface area contributed by atoms with Crippen molar-refractivity contribution in [1.29, 1.82) is 0 Å². The van der Waals surface area contributed by atoms with Gasteiger partial charge in [0.2, 0.25) is 0 Å². The molecule has 1 N–H and O–H groups in total. The van der Waals surface area contributed by atoms with Crippen LogP contribution in [0.25, 0.3) is 71.7 Å². The molecule has 8 aromatic carbocycles. The van der Waals surface area contributed by atoms with Crippen molar-refractivity contribution in [3.05, 3.63) is 211 Å². The zero-order chi connectivity index (χ0) is 37.0. The maximum atomic E-state index is 6.17. The second-order valence-electron chi connectivity index (χ2n) is 14.2. The third kappa shape index (κ3) is 5.40. The number of aliphatic imine (C=N–C) groups is 2. The maximum Gasteiger partial charge on any atom is 0.161 e. The smallest absolute Gasteiger partial charge is 0.161 e. The van der Waals surface area contributed by atoms with E-state index in [0.29, 0.717) is 5.84 Å². The molecular formula is C51H34N4O. The number of nitrogens with zero attached hydrogens (tertiary/aromatic N) is 3. The Morgan fingerprint density at radius 1 is 0.446 bits per heavy atom. The van der Waals surface area contributed by atoms with Crippen LogP contribution in [0.15, 0.2) is 209 Å². The second-order valence-corrected chi connectivity index (χ2v) is 14.2. The van der Waals surface area contributed by atoms with Crippen molar-refractivity contribution in [2.24, 2.45) is 9.98 Å². The van der Waals surface area contributed by atoms with Gasteiger partial charge in [0.25, 0.3) is 0 Å². The SMILES string of the molecule is c1ccc(-c2cccc(C3=NC(c4ccccc4-n4c5ccccc5c5ccc(-c6ccc7oc8ccccc8c7c6)cc54)=NC(c4ccccc4)N3)c2)cc1. The van der Waals surface area contributed by atoms with Gasteiger partial charge in [-0.05, 0) is 76.3 Å². The van der Waals surface area contributed by atoms with Gasteiger partial charge in [0.05, 0.1) is 16.7 Å². The van der Waals surface area contributed by atoms with Crippen molar-refractivity contribution in [3.63, 3.8) is 0 Å².